The lowest BCUT2D eigenvalue weighted by Gasteiger charge is -2.11. The third kappa shape index (κ3) is 5.62. The molecule has 134 valence electrons. The number of aryl methyl sites for hydroxylation is 2. The zero-order valence-electron chi connectivity index (χ0n) is 14.7. The van der Waals surface area contributed by atoms with Crippen molar-refractivity contribution < 1.29 is 4.52 Å². The number of aliphatic imine (C=N–C) groups is 1. The van der Waals surface area contributed by atoms with Gasteiger partial charge in [0.2, 0.25) is 0 Å². The van der Waals surface area contributed by atoms with Gasteiger partial charge in [0.25, 0.3) is 0 Å². The van der Waals surface area contributed by atoms with Crippen molar-refractivity contribution in [2.75, 3.05) is 32.6 Å². The van der Waals surface area contributed by atoms with Gasteiger partial charge in [-0.1, -0.05) is 5.16 Å². The van der Waals surface area contributed by atoms with Crippen LogP contribution in [0.15, 0.2) is 14.9 Å². The summed E-state index contributed by atoms with van der Waals surface area (Å²) in [6.45, 7) is 5.31. The summed E-state index contributed by atoms with van der Waals surface area (Å²) >= 11 is 1.63. The molecule has 0 aliphatic heterocycles. The van der Waals surface area contributed by atoms with Crippen LogP contribution >= 0.6 is 35.3 Å². The molecule has 0 fully saturated rings. The highest BCUT2D eigenvalue weighted by molar-refractivity contribution is 14.0. The van der Waals surface area contributed by atoms with E-state index in [0.717, 1.165) is 46.8 Å². The summed E-state index contributed by atoms with van der Waals surface area (Å²) in [6.07, 6.45) is 0.851. The number of halogens is 1. The van der Waals surface area contributed by atoms with Gasteiger partial charge in [0.15, 0.2) is 11.1 Å². The lowest BCUT2D eigenvalue weighted by molar-refractivity contribution is 0.392. The van der Waals surface area contributed by atoms with Crippen LogP contribution in [-0.2, 0) is 13.0 Å². The Hall–Kier alpha value is -1.36. The summed E-state index contributed by atoms with van der Waals surface area (Å²) in [5, 5.41) is 13.6. The number of hydrogen-bond acceptors (Lipinski definition) is 6. The maximum atomic E-state index is 5.17. The second-order valence-corrected chi connectivity index (χ2v) is 6.26. The average Bonchev–Trinajstić information content (AvgIpc) is 3.12. The van der Waals surface area contributed by atoms with E-state index >= 15 is 0 Å². The Bertz CT molecular complexity index is 647. The second-order valence-electron chi connectivity index (χ2n) is 5.42. The van der Waals surface area contributed by atoms with Gasteiger partial charge in [-0.2, -0.15) is 0 Å². The molecule has 0 atom stereocenters. The number of guanidine groups is 1. The van der Waals surface area contributed by atoms with E-state index in [0.29, 0.717) is 6.54 Å². The summed E-state index contributed by atoms with van der Waals surface area (Å²) in [4.78, 5) is 10.8. The molecule has 0 unspecified atom stereocenters. The molecular formula is C15H25IN6OS. The Labute approximate surface area is 163 Å². The van der Waals surface area contributed by atoms with Crippen LogP contribution < -0.4 is 15.5 Å². The molecule has 2 N–H and O–H groups in total. The van der Waals surface area contributed by atoms with Crippen LogP contribution in [0.5, 0.6) is 0 Å². The molecule has 0 aliphatic carbocycles. The van der Waals surface area contributed by atoms with Crippen molar-refractivity contribution in [1.29, 1.82) is 0 Å². The minimum atomic E-state index is 0. The van der Waals surface area contributed by atoms with E-state index < -0.39 is 0 Å². The molecule has 7 nitrogen and oxygen atoms in total. The maximum Gasteiger partial charge on any atom is 0.191 e. The lowest BCUT2D eigenvalue weighted by atomic mass is 10.1. The highest BCUT2D eigenvalue weighted by atomic mass is 127. The first-order chi connectivity index (χ1) is 11.0. The summed E-state index contributed by atoms with van der Waals surface area (Å²) in [5.74, 6) is 1.64. The zero-order chi connectivity index (χ0) is 16.8. The fourth-order valence-corrected chi connectivity index (χ4v) is 2.90. The minimum Gasteiger partial charge on any atom is -0.361 e. The van der Waals surface area contributed by atoms with Gasteiger partial charge in [0, 0.05) is 38.6 Å². The molecule has 24 heavy (non-hydrogen) atoms. The van der Waals surface area contributed by atoms with Crippen molar-refractivity contribution >= 4 is 46.4 Å². The van der Waals surface area contributed by atoms with Crippen LogP contribution in [0.4, 0.5) is 5.13 Å². The number of rotatable bonds is 6. The quantitative estimate of drug-likeness (QED) is 0.388. The molecule has 2 aromatic rings. The van der Waals surface area contributed by atoms with Crippen LogP contribution in [0.25, 0.3) is 0 Å². The third-order valence-electron chi connectivity index (χ3n) is 3.43. The van der Waals surface area contributed by atoms with Gasteiger partial charge in [-0.25, -0.2) is 4.98 Å². The van der Waals surface area contributed by atoms with Crippen molar-refractivity contribution in [3.8, 4) is 0 Å². The first-order valence-corrected chi connectivity index (χ1v) is 8.37. The molecule has 0 radical (unpaired) electrons. The van der Waals surface area contributed by atoms with E-state index in [9.17, 15) is 0 Å². The molecule has 2 aromatic heterocycles. The van der Waals surface area contributed by atoms with Crippen molar-refractivity contribution in [1.82, 2.24) is 20.8 Å². The monoisotopic (exact) mass is 464 g/mol. The fourth-order valence-electron chi connectivity index (χ4n) is 2.14. The van der Waals surface area contributed by atoms with Crippen LogP contribution in [0.2, 0.25) is 0 Å². The van der Waals surface area contributed by atoms with Crippen LogP contribution in [0.1, 0.15) is 22.7 Å². The first-order valence-electron chi connectivity index (χ1n) is 7.49. The van der Waals surface area contributed by atoms with E-state index in [1.807, 2.05) is 32.8 Å². The maximum absolute atomic E-state index is 5.17. The Kier molecular flexibility index (Phi) is 8.46. The molecule has 9 heteroatoms. The molecule has 0 aliphatic rings. The lowest BCUT2D eigenvalue weighted by Crippen LogP contribution is -2.38. The number of hydrogen-bond donors (Lipinski definition) is 2. The molecule has 2 heterocycles. The van der Waals surface area contributed by atoms with Crippen LogP contribution in [0.3, 0.4) is 0 Å². The predicted molar refractivity (Wildman–Crippen MR) is 110 cm³/mol. The number of aromatic nitrogens is 2. The Morgan fingerprint density at radius 2 is 2.08 bits per heavy atom. The number of thiazole rings is 1. The Morgan fingerprint density at radius 3 is 2.62 bits per heavy atom. The number of nitrogens with zero attached hydrogens (tertiary/aromatic N) is 4. The van der Waals surface area contributed by atoms with Gasteiger partial charge in [-0.05, 0) is 20.3 Å². The average molecular weight is 464 g/mol. The van der Waals surface area contributed by atoms with Crippen molar-refractivity contribution in [2.24, 2.45) is 4.99 Å². The van der Waals surface area contributed by atoms with E-state index in [-0.39, 0.29) is 24.0 Å². The molecule has 0 saturated heterocycles. The zero-order valence-corrected chi connectivity index (χ0v) is 17.9. The summed E-state index contributed by atoms with van der Waals surface area (Å²) in [6, 6.07) is 0. The van der Waals surface area contributed by atoms with Gasteiger partial charge in [-0.3, -0.25) is 4.99 Å². The first kappa shape index (κ1) is 20.7. The van der Waals surface area contributed by atoms with Gasteiger partial charge in [0.1, 0.15) is 5.76 Å². The highest BCUT2D eigenvalue weighted by Crippen LogP contribution is 2.17. The third-order valence-corrected chi connectivity index (χ3v) is 4.49. The van der Waals surface area contributed by atoms with Gasteiger partial charge in [0.05, 0.1) is 17.9 Å². The van der Waals surface area contributed by atoms with Crippen molar-refractivity contribution in [2.45, 2.75) is 26.8 Å². The van der Waals surface area contributed by atoms with Crippen molar-refractivity contribution in [3.05, 3.63) is 28.1 Å². The standard InChI is InChI=1S/C15H24N6OS.HI/c1-10-13(11(2)22-20-10)6-7-17-14(16-3)18-8-12-9-23-15(19-12)21(4)5;/h9H,6-8H2,1-5H3,(H2,16,17,18);1H. The number of nitrogens with one attached hydrogen (secondary N) is 2. The molecule has 0 spiro atoms. The van der Waals surface area contributed by atoms with E-state index in [4.69, 9.17) is 4.52 Å². The SMILES string of the molecule is CN=C(NCCc1c(C)noc1C)NCc1csc(N(C)C)n1.I. The molecule has 2 rings (SSSR count). The van der Waals surface area contributed by atoms with Crippen molar-refractivity contribution in [3.63, 3.8) is 0 Å². The summed E-state index contributed by atoms with van der Waals surface area (Å²) in [5.41, 5.74) is 3.11. The fraction of sp³-hybridized carbons (Fsp3) is 0.533. The Balaban J connectivity index is 0.00000288. The highest BCUT2D eigenvalue weighted by Gasteiger charge is 2.09. The molecule has 0 aromatic carbocycles. The van der Waals surface area contributed by atoms with E-state index in [2.05, 4.69) is 31.1 Å². The Morgan fingerprint density at radius 1 is 1.33 bits per heavy atom. The number of anilines is 1. The van der Waals surface area contributed by atoms with Gasteiger partial charge >= 0.3 is 0 Å². The minimum absolute atomic E-state index is 0. The van der Waals surface area contributed by atoms with Crippen LogP contribution in [0, 0.1) is 13.8 Å². The predicted octanol–water partition coefficient (Wildman–Crippen LogP) is 2.34. The summed E-state index contributed by atoms with van der Waals surface area (Å²) in [7, 11) is 5.74. The summed E-state index contributed by atoms with van der Waals surface area (Å²) < 4.78 is 5.17. The smallest absolute Gasteiger partial charge is 0.191 e. The molecular weight excluding hydrogens is 439 g/mol. The van der Waals surface area contributed by atoms with Gasteiger partial charge in [-0.15, -0.1) is 35.3 Å². The molecule has 0 amide bonds. The van der Waals surface area contributed by atoms with E-state index in [1.54, 1.807) is 18.4 Å². The normalized spacial score (nSPS) is 11.1. The second kappa shape index (κ2) is 9.82. The van der Waals surface area contributed by atoms with E-state index in [1.165, 1.54) is 0 Å². The molecule has 0 saturated carbocycles. The topological polar surface area (TPSA) is 78.6 Å². The van der Waals surface area contributed by atoms with Crippen LogP contribution in [-0.4, -0.2) is 43.8 Å². The largest absolute Gasteiger partial charge is 0.361 e. The van der Waals surface area contributed by atoms with Gasteiger partial charge < -0.3 is 20.1 Å². The molecule has 0 bridgehead atoms.